The van der Waals surface area contributed by atoms with Crippen molar-refractivity contribution in [3.8, 4) is 5.75 Å². The van der Waals surface area contributed by atoms with Gasteiger partial charge >= 0.3 is 5.97 Å². The molecule has 0 saturated heterocycles. The first kappa shape index (κ1) is 21.0. The van der Waals surface area contributed by atoms with E-state index in [1.807, 2.05) is 32.0 Å². The zero-order chi connectivity index (χ0) is 19.0. The highest BCUT2D eigenvalue weighted by Crippen LogP contribution is 2.26. The van der Waals surface area contributed by atoms with Crippen molar-refractivity contribution < 1.29 is 24.2 Å². The van der Waals surface area contributed by atoms with E-state index in [0.717, 1.165) is 16.9 Å². The van der Waals surface area contributed by atoms with Crippen molar-refractivity contribution in [2.75, 3.05) is 6.61 Å². The molecule has 0 spiro atoms. The third-order valence-electron chi connectivity index (χ3n) is 4.22. The lowest BCUT2D eigenvalue weighted by Crippen LogP contribution is -2.34. The molecule has 5 nitrogen and oxygen atoms in total. The van der Waals surface area contributed by atoms with Gasteiger partial charge in [0, 0.05) is 12.4 Å². The van der Waals surface area contributed by atoms with Gasteiger partial charge in [-0.05, 0) is 64.2 Å². The summed E-state index contributed by atoms with van der Waals surface area (Å²) in [6.07, 6.45) is 0.841. The molecule has 140 valence electrons. The molecule has 0 amide bonds. The number of aliphatic carboxylic acids is 1. The van der Waals surface area contributed by atoms with Crippen molar-refractivity contribution in [2.45, 2.75) is 66.4 Å². The topological polar surface area (TPSA) is 75.7 Å². The summed E-state index contributed by atoms with van der Waals surface area (Å²) in [6.45, 7) is 9.92. The Balaban J connectivity index is 2.47. The van der Waals surface area contributed by atoms with Gasteiger partial charge in [-0.2, -0.15) is 0 Å². The Bertz CT molecular complexity index is 592. The van der Waals surface area contributed by atoms with Gasteiger partial charge in [-0.1, -0.05) is 19.1 Å². The molecular formula is C20H29O5-. The molecule has 1 rings (SSSR count). The number of carbonyl (C=O) groups is 2. The standard InChI is InChI=1S/C20H30O5/c1-6-16(13-18(21)22)25-19(23)20(4,5)10-7-11-24-17-12-14(2)8-9-15(17)3/h8-9,12,16H,6-7,10-11,13H2,1-5H3,(H,21,22)/p-1. The van der Waals surface area contributed by atoms with Crippen LogP contribution in [0, 0.1) is 19.3 Å². The van der Waals surface area contributed by atoms with Gasteiger partial charge in [0.1, 0.15) is 11.9 Å². The van der Waals surface area contributed by atoms with Crippen molar-refractivity contribution in [3.63, 3.8) is 0 Å². The van der Waals surface area contributed by atoms with Crippen LogP contribution < -0.4 is 9.84 Å². The summed E-state index contributed by atoms with van der Waals surface area (Å²) in [5.41, 5.74) is 1.53. The second-order valence-electron chi connectivity index (χ2n) is 7.12. The molecule has 0 heterocycles. The number of carboxylic acid groups (broad SMARTS) is 1. The lowest BCUT2D eigenvalue weighted by molar-refractivity contribution is -0.307. The van der Waals surface area contributed by atoms with Crippen LogP contribution in [0.25, 0.3) is 0 Å². The monoisotopic (exact) mass is 349 g/mol. The van der Waals surface area contributed by atoms with Gasteiger partial charge in [0.2, 0.25) is 0 Å². The van der Waals surface area contributed by atoms with Crippen LogP contribution in [0.4, 0.5) is 0 Å². The normalized spacial score (nSPS) is 12.5. The third-order valence-corrected chi connectivity index (χ3v) is 4.22. The molecular weight excluding hydrogens is 320 g/mol. The molecule has 1 atom stereocenters. The fourth-order valence-electron chi connectivity index (χ4n) is 2.43. The summed E-state index contributed by atoms with van der Waals surface area (Å²) in [5.74, 6) is -0.730. The Kier molecular flexibility index (Phi) is 7.94. The summed E-state index contributed by atoms with van der Waals surface area (Å²) >= 11 is 0. The van der Waals surface area contributed by atoms with E-state index < -0.39 is 17.5 Å². The first-order valence-electron chi connectivity index (χ1n) is 8.76. The van der Waals surface area contributed by atoms with Crippen LogP contribution in [-0.2, 0) is 14.3 Å². The molecule has 1 unspecified atom stereocenters. The second kappa shape index (κ2) is 9.44. The summed E-state index contributed by atoms with van der Waals surface area (Å²) in [5, 5.41) is 10.7. The van der Waals surface area contributed by atoms with Crippen LogP contribution in [0.1, 0.15) is 57.6 Å². The maximum atomic E-state index is 12.3. The minimum Gasteiger partial charge on any atom is -0.550 e. The molecule has 0 aromatic heterocycles. The highest BCUT2D eigenvalue weighted by Gasteiger charge is 2.30. The van der Waals surface area contributed by atoms with Crippen molar-refractivity contribution in [1.29, 1.82) is 0 Å². The Hall–Kier alpha value is -2.04. The average Bonchev–Trinajstić information content (AvgIpc) is 2.53. The third kappa shape index (κ3) is 7.16. The number of hydrogen-bond acceptors (Lipinski definition) is 5. The number of rotatable bonds is 10. The minimum atomic E-state index is -1.21. The highest BCUT2D eigenvalue weighted by molar-refractivity contribution is 5.76. The molecule has 1 aromatic carbocycles. The van der Waals surface area contributed by atoms with E-state index in [4.69, 9.17) is 9.47 Å². The van der Waals surface area contributed by atoms with E-state index in [0.29, 0.717) is 25.9 Å². The molecule has 0 bridgehead atoms. The number of esters is 1. The van der Waals surface area contributed by atoms with Gasteiger partial charge < -0.3 is 19.4 Å². The van der Waals surface area contributed by atoms with Gasteiger partial charge in [-0.25, -0.2) is 0 Å². The first-order valence-corrected chi connectivity index (χ1v) is 8.76. The SMILES string of the molecule is CCC(CC(=O)[O-])OC(=O)C(C)(C)CCCOc1cc(C)ccc1C. The van der Waals surface area contributed by atoms with Crippen LogP contribution in [0.15, 0.2) is 18.2 Å². The van der Waals surface area contributed by atoms with Crippen LogP contribution >= 0.6 is 0 Å². The maximum absolute atomic E-state index is 12.3. The molecule has 0 saturated carbocycles. The van der Waals surface area contributed by atoms with Crippen molar-refractivity contribution in [1.82, 2.24) is 0 Å². The van der Waals surface area contributed by atoms with Crippen molar-refractivity contribution in [3.05, 3.63) is 29.3 Å². The summed E-state index contributed by atoms with van der Waals surface area (Å²) in [7, 11) is 0. The van der Waals surface area contributed by atoms with E-state index >= 15 is 0 Å². The minimum absolute atomic E-state index is 0.270. The molecule has 0 aliphatic heterocycles. The lowest BCUT2D eigenvalue weighted by Gasteiger charge is -2.26. The van der Waals surface area contributed by atoms with Gasteiger partial charge in [0.25, 0.3) is 0 Å². The lowest BCUT2D eigenvalue weighted by atomic mass is 9.88. The molecule has 0 N–H and O–H groups in total. The second-order valence-corrected chi connectivity index (χ2v) is 7.12. The molecule has 5 heteroatoms. The Morgan fingerprint density at radius 1 is 1.24 bits per heavy atom. The number of carboxylic acids is 1. The van der Waals surface area contributed by atoms with E-state index in [2.05, 4.69) is 0 Å². The number of benzene rings is 1. The van der Waals surface area contributed by atoms with Gasteiger partial charge in [-0.15, -0.1) is 0 Å². The maximum Gasteiger partial charge on any atom is 0.311 e. The number of ether oxygens (including phenoxy) is 2. The molecule has 25 heavy (non-hydrogen) atoms. The molecule has 0 radical (unpaired) electrons. The van der Waals surface area contributed by atoms with Crippen molar-refractivity contribution >= 4 is 11.9 Å². The molecule has 0 aliphatic carbocycles. The highest BCUT2D eigenvalue weighted by atomic mass is 16.5. The fourth-order valence-corrected chi connectivity index (χ4v) is 2.43. The predicted molar refractivity (Wildman–Crippen MR) is 94.2 cm³/mol. The number of hydrogen-bond donors (Lipinski definition) is 0. The average molecular weight is 349 g/mol. The first-order chi connectivity index (χ1) is 11.7. The summed E-state index contributed by atoms with van der Waals surface area (Å²) in [4.78, 5) is 23.0. The van der Waals surface area contributed by atoms with Crippen LogP contribution in [-0.4, -0.2) is 24.6 Å². The largest absolute Gasteiger partial charge is 0.550 e. The molecule has 1 aromatic rings. The van der Waals surface area contributed by atoms with Crippen LogP contribution in [0.5, 0.6) is 5.75 Å². The van der Waals surface area contributed by atoms with Gasteiger partial charge in [0.15, 0.2) is 0 Å². The molecule has 0 aliphatic rings. The fraction of sp³-hybridized carbons (Fsp3) is 0.600. The van der Waals surface area contributed by atoms with Gasteiger partial charge in [-0.3, -0.25) is 4.79 Å². The van der Waals surface area contributed by atoms with E-state index in [1.54, 1.807) is 20.8 Å². The van der Waals surface area contributed by atoms with Gasteiger partial charge in [0.05, 0.1) is 12.0 Å². The molecule has 0 fully saturated rings. The Labute approximate surface area is 150 Å². The number of carbonyl (C=O) groups excluding carboxylic acids is 2. The van der Waals surface area contributed by atoms with Crippen LogP contribution in [0.2, 0.25) is 0 Å². The van der Waals surface area contributed by atoms with E-state index in [-0.39, 0.29) is 12.4 Å². The summed E-state index contributed by atoms with van der Waals surface area (Å²) in [6, 6.07) is 6.06. The van der Waals surface area contributed by atoms with Crippen LogP contribution in [0.3, 0.4) is 0 Å². The zero-order valence-electron chi connectivity index (χ0n) is 15.9. The quantitative estimate of drug-likeness (QED) is 0.479. The van der Waals surface area contributed by atoms with E-state index in [1.165, 1.54) is 0 Å². The summed E-state index contributed by atoms with van der Waals surface area (Å²) < 4.78 is 11.1. The zero-order valence-corrected chi connectivity index (χ0v) is 15.9. The Morgan fingerprint density at radius 3 is 2.52 bits per heavy atom. The van der Waals surface area contributed by atoms with Crippen molar-refractivity contribution in [2.24, 2.45) is 5.41 Å². The smallest absolute Gasteiger partial charge is 0.311 e. The Morgan fingerprint density at radius 2 is 1.92 bits per heavy atom. The number of aryl methyl sites for hydroxylation is 2. The predicted octanol–water partition coefficient (Wildman–Crippen LogP) is 2.95. The van der Waals surface area contributed by atoms with E-state index in [9.17, 15) is 14.7 Å².